The van der Waals surface area contributed by atoms with Crippen LogP contribution in [0.2, 0.25) is 0 Å². The maximum atomic E-state index is 11.0. The molecule has 0 spiro atoms. The number of hydrogen-bond acceptors (Lipinski definition) is 4. The first-order valence-electron chi connectivity index (χ1n) is 8.10. The van der Waals surface area contributed by atoms with Gasteiger partial charge in [-0.25, -0.2) is 0 Å². The molecule has 2 aromatic carbocycles. The van der Waals surface area contributed by atoms with Crippen molar-refractivity contribution in [3.8, 4) is 6.07 Å². The van der Waals surface area contributed by atoms with Gasteiger partial charge >= 0.3 is 0 Å². The minimum absolute atomic E-state index is 0.0455. The highest BCUT2D eigenvalue weighted by atomic mass is 32.2. The van der Waals surface area contributed by atoms with Gasteiger partial charge < -0.3 is 0 Å². The molecule has 3 rings (SSSR count). The third-order valence-corrected chi connectivity index (χ3v) is 6.09. The zero-order valence-corrected chi connectivity index (χ0v) is 14.6. The Morgan fingerprint density at radius 1 is 1.24 bits per heavy atom. The van der Waals surface area contributed by atoms with Crippen molar-refractivity contribution in [3.63, 3.8) is 0 Å². The molecular weight excluding hydrogens is 332 g/mol. The smallest absolute Gasteiger partial charge is 0.258 e. The van der Waals surface area contributed by atoms with Gasteiger partial charge in [-0.15, -0.1) is 11.8 Å². The largest absolute Gasteiger partial charge is 0.269 e. The van der Waals surface area contributed by atoms with Crippen LogP contribution in [-0.4, -0.2) is 4.92 Å². The van der Waals surface area contributed by atoms with Crippen LogP contribution in [0.3, 0.4) is 0 Å². The number of non-ortho nitro benzene ring substituents is 1. The van der Waals surface area contributed by atoms with Crippen molar-refractivity contribution in [1.29, 1.82) is 5.26 Å². The normalized spacial score (nSPS) is 23.1. The lowest BCUT2D eigenvalue weighted by Crippen LogP contribution is -2.34. The van der Waals surface area contributed by atoms with Crippen LogP contribution in [0, 0.1) is 33.3 Å². The van der Waals surface area contributed by atoms with Gasteiger partial charge in [-0.2, -0.15) is 5.26 Å². The number of nitriles is 1. The zero-order valence-electron chi connectivity index (χ0n) is 13.8. The van der Waals surface area contributed by atoms with E-state index in [1.165, 1.54) is 5.56 Å². The third-order valence-electron chi connectivity index (χ3n) is 4.72. The number of thioether (sulfide) groups is 1. The average molecular weight is 350 g/mol. The van der Waals surface area contributed by atoms with E-state index in [2.05, 4.69) is 29.7 Å². The lowest BCUT2D eigenvalue weighted by Gasteiger charge is -2.37. The van der Waals surface area contributed by atoms with Crippen LogP contribution in [-0.2, 0) is 11.2 Å². The summed E-state index contributed by atoms with van der Waals surface area (Å²) < 4.78 is -0.328. The highest BCUT2D eigenvalue weighted by Crippen LogP contribution is 2.54. The van der Waals surface area contributed by atoms with Gasteiger partial charge in [0.05, 0.1) is 21.7 Å². The second-order valence-electron chi connectivity index (χ2n) is 6.25. The topological polar surface area (TPSA) is 66.9 Å². The number of nitro groups is 1. The SMILES string of the molecule is CC(C#N)C1C=CSC1(Cc1ccccc1)c1ccc([N+](=O)[O-])cc1. The number of nitro benzene ring substituents is 1. The number of rotatable bonds is 5. The van der Waals surface area contributed by atoms with Crippen molar-refractivity contribution >= 4 is 17.4 Å². The molecule has 1 heterocycles. The van der Waals surface area contributed by atoms with E-state index in [1.807, 2.05) is 37.3 Å². The van der Waals surface area contributed by atoms with Crippen molar-refractivity contribution < 1.29 is 4.92 Å². The molecule has 1 aliphatic rings. The molecule has 126 valence electrons. The van der Waals surface area contributed by atoms with Gasteiger partial charge in [-0.05, 0) is 29.9 Å². The van der Waals surface area contributed by atoms with Crippen LogP contribution in [0.5, 0.6) is 0 Å². The minimum atomic E-state index is -0.386. The molecule has 2 aromatic rings. The molecule has 0 N–H and O–H groups in total. The van der Waals surface area contributed by atoms with Gasteiger partial charge in [0.15, 0.2) is 0 Å². The molecule has 3 atom stereocenters. The fourth-order valence-corrected chi connectivity index (χ4v) is 4.87. The first kappa shape index (κ1) is 17.2. The van der Waals surface area contributed by atoms with Crippen molar-refractivity contribution in [2.45, 2.75) is 18.1 Å². The summed E-state index contributed by atoms with van der Waals surface area (Å²) in [6, 6.07) is 19.3. The summed E-state index contributed by atoms with van der Waals surface area (Å²) in [5.74, 6) is -0.102. The molecule has 0 aliphatic carbocycles. The fraction of sp³-hybridized carbons (Fsp3) is 0.250. The van der Waals surface area contributed by atoms with Crippen LogP contribution >= 0.6 is 11.8 Å². The summed E-state index contributed by atoms with van der Waals surface area (Å²) in [6.07, 6.45) is 2.86. The number of allylic oxidation sites excluding steroid dienone is 1. The molecule has 0 saturated carbocycles. The van der Waals surface area contributed by atoms with Crippen LogP contribution in [0.25, 0.3) is 0 Å². The fourth-order valence-electron chi connectivity index (χ4n) is 3.42. The molecule has 0 bridgehead atoms. The highest BCUT2D eigenvalue weighted by Gasteiger charge is 2.45. The van der Waals surface area contributed by atoms with Crippen LogP contribution in [0.1, 0.15) is 18.1 Å². The predicted octanol–water partition coefficient (Wildman–Crippen LogP) is 5.07. The van der Waals surface area contributed by atoms with Crippen molar-refractivity contribution in [1.82, 2.24) is 0 Å². The van der Waals surface area contributed by atoms with Gasteiger partial charge in [-0.1, -0.05) is 48.5 Å². The molecule has 4 nitrogen and oxygen atoms in total. The van der Waals surface area contributed by atoms with E-state index in [4.69, 9.17) is 0 Å². The van der Waals surface area contributed by atoms with Crippen LogP contribution in [0.4, 0.5) is 5.69 Å². The Balaban J connectivity index is 2.06. The summed E-state index contributed by atoms with van der Waals surface area (Å²) >= 11 is 1.70. The van der Waals surface area contributed by atoms with Crippen LogP contribution in [0.15, 0.2) is 66.1 Å². The Hall–Kier alpha value is -2.58. The van der Waals surface area contributed by atoms with E-state index in [0.717, 1.165) is 12.0 Å². The minimum Gasteiger partial charge on any atom is -0.258 e. The van der Waals surface area contributed by atoms with Crippen molar-refractivity contribution in [3.05, 3.63) is 87.3 Å². The van der Waals surface area contributed by atoms with Crippen molar-refractivity contribution in [2.75, 3.05) is 0 Å². The second kappa shape index (κ2) is 7.12. The van der Waals surface area contributed by atoms with Gasteiger partial charge in [0.1, 0.15) is 0 Å². The van der Waals surface area contributed by atoms with E-state index in [0.29, 0.717) is 0 Å². The Morgan fingerprint density at radius 3 is 2.52 bits per heavy atom. The predicted molar refractivity (Wildman–Crippen MR) is 99.9 cm³/mol. The Bertz CT molecular complexity index is 827. The quantitative estimate of drug-likeness (QED) is 0.558. The lowest BCUT2D eigenvalue weighted by atomic mass is 9.75. The molecular formula is C20H18N2O2S. The third kappa shape index (κ3) is 3.31. The average Bonchev–Trinajstić information content (AvgIpc) is 3.06. The number of hydrogen-bond donors (Lipinski definition) is 0. The van der Waals surface area contributed by atoms with E-state index in [-0.39, 0.29) is 27.2 Å². The van der Waals surface area contributed by atoms with Gasteiger partial charge in [0.2, 0.25) is 0 Å². The van der Waals surface area contributed by atoms with Gasteiger partial charge in [0.25, 0.3) is 5.69 Å². The summed E-state index contributed by atoms with van der Waals surface area (Å²) in [4.78, 5) is 10.6. The van der Waals surface area contributed by atoms with E-state index in [1.54, 1.807) is 23.9 Å². The molecule has 0 amide bonds. The van der Waals surface area contributed by atoms with E-state index >= 15 is 0 Å². The zero-order chi connectivity index (χ0) is 17.9. The summed E-state index contributed by atoms with van der Waals surface area (Å²) in [5, 5.41) is 22.5. The molecule has 3 unspecified atom stereocenters. The standard InChI is InChI=1S/C20H18N2O2S/c1-15(14-21)19-11-12-25-20(19,13-16-5-3-2-4-6-16)17-7-9-18(10-8-17)22(23)24/h2-12,15,19H,13H2,1H3. The van der Waals surface area contributed by atoms with E-state index in [9.17, 15) is 15.4 Å². The molecule has 0 radical (unpaired) electrons. The summed E-state index contributed by atoms with van der Waals surface area (Å²) in [5.41, 5.74) is 2.29. The lowest BCUT2D eigenvalue weighted by molar-refractivity contribution is -0.384. The van der Waals surface area contributed by atoms with Crippen molar-refractivity contribution in [2.24, 2.45) is 11.8 Å². The maximum absolute atomic E-state index is 11.0. The summed E-state index contributed by atoms with van der Waals surface area (Å²) in [6.45, 7) is 1.94. The molecule has 5 heteroatoms. The maximum Gasteiger partial charge on any atom is 0.269 e. The molecule has 0 aromatic heterocycles. The Kier molecular flexibility index (Phi) is 4.91. The number of nitrogens with zero attached hydrogens (tertiary/aromatic N) is 2. The van der Waals surface area contributed by atoms with Gasteiger partial charge in [-0.3, -0.25) is 10.1 Å². The van der Waals surface area contributed by atoms with Gasteiger partial charge in [0, 0.05) is 18.1 Å². The first-order chi connectivity index (χ1) is 12.1. The Morgan fingerprint density at radius 2 is 1.92 bits per heavy atom. The second-order valence-corrected chi connectivity index (χ2v) is 7.48. The molecule has 0 fully saturated rings. The molecule has 0 saturated heterocycles. The number of benzene rings is 2. The summed E-state index contributed by atoms with van der Waals surface area (Å²) in [7, 11) is 0. The monoisotopic (exact) mass is 350 g/mol. The van der Waals surface area contributed by atoms with E-state index < -0.39 is 0 Å². The molecule has 25 heavy (non-hydrogen) atoms. The highest BCUT2D eigenvalue weighted by molar-refractivity contribution is 8.03. The Labute approximate surface area is 151 Å². The molecule has 1 aliphatic heterocycles. The first-order valence-corrected chi connectivity index (χ1v) is 8.98. The van der Waals surface area contributed by atoms with Crippen LogP contribution < -0.4 is 0 Å².